The van der Waals surface area contributed by atoms with E-state index in [2.05, 4.69) is 16.0 Å². The molecule has 0 fully saturated rings. The third-order valence-electron chi connectivity index (χ3n) is 3.04. The quantitative estimate of drug-likeness (QED) is 0.439. The highest BCUT2D eigenvalue weighted by molar-refractivity contribution is 5.94. The summed E-state index contributed by atoms with van der Waals surface area (Å²) in [5, 5.41) is 17.2. The van der Waals surface area contributed by atoms with E-state index in [1.54, 1.807) is 31.3 Å². The highest BCUT2D eigenvalue weighted by Crippen LogP contribution is 2.10. The van der Waals surface area contributed by atoms with E-state index in [-0.39, 0.29) is 18.6 Å². The third kappa shape index (κ3) is 6.24. The van der Waals surface area contributed by atoms with Gasteiger partial charge in [-0.2, -0.15) is 0 Å². The van der Waals surface area contributed by atoms with Crippen LogP contribution in [0.25, 0.3) is 0 Å². The number of urea groups is 1. The van der Waals surface area contributed by atoms with E-state index in [1.165, 1.54) is 0 Å². The molecule has 7 nitrogen and oxygen atoms in total. The molecule has 21 heavy (non-hydrogen) atoms. The topological polar surface area (TPSA) is 116 Å². The third-order valence-corrected chi connectivity index (χ3v) is 3.04. The Morgan fingerprint density at radius 1 is 1.29 bits per heavy atom. The molecular weight excluding hydrogens is 272 g/mol. The van der Waals surface area contributed by atoms with Crippen LogP contribution in [0.2, 0.25) is 0 Å². The molecule has 0 aliphatic carbocycles. The average molecular weight is 294 g/mol. The first-order valence-corrected chi connectivity index (χ1v) is 6.78. The predicted octanol–water partition coefficient (Wildman–Crippen LogP) is 0.154. The molecule has 0 aliphatic rings. The minimum Gasteiger partial charge on any atom is -0.392 e. The van der Waals surface area contributed by atoms with Gasteiger partial charge in [-0.3, -0.25) is 4.79 Å². The van der Waals surface area contributed by atoms with E-state index in [0.717, 1.165) is 5.56 Å². The van der Waals surface area contributed by atoms with Crippen LogP contribution in [0, 0.1) is 0 Å². The van der Waals surface area contributed by atoms with Crippen LogP contribution in [0.15, 0.2) is 24.3 Å². The molecule has 0 spiro atoms. The van der Waals surface area contributed by atoms with E-state index in [4.69, 9.17) is 10.8 Å². The summed E-state index contributed by atoms with van der Waals surface area (Å²) in [7, 11) is 1.71. The lowest BCUT2D eigenvalue weighted by molar-refractivity contribution is -0.118. The second-order valence-corrected chi connectivity index (χ2v) is 4.62. The van der Waals surface area contributed by atoms with Crippen molar-refractivity contribution in [3.8, 4) is 0 Å². The lowest BCUT2D eigenvalue weighted by atomic mass is 10.1. The minimum atomic E-state index is -0.565. The lowest BCUT2D eigenvalue weighted by Crippen LogP contribution is -2.39. The predicted molar refractivity (Wildman–Crippen MR) is 80.7 cm³/mol. The highest BCUT2D eigenvalue weighted by atomic mass is 16.3. The Bertz CT molecular complexity index is 462. The second kappa shape index (κ2) is 8.93. The Balaban J connectivity index is 2.44. The van der Waals surface area contributed by atoms with Gasteiger partial charge in [-0.05, 0) is 37.6 Å². The van der Waals surface area contributed by atoms with Gasteiger partial charge in [0.1, 0.15) is 0 Å². The zero-order chi connectivity index (χ0) is 15.7. The fourth-order valence-electron chi connectivity index (χ4n) is 1.85. The summed E-state index contributed by atoms with van der Waals surface area (Å²) < 4.78 is 0. The molecular formula is C14H22N4O3. The molecule has 1 aromatic rings. The fraction of sp³-hybridized carbons (Fsp3) is 0.429. The Morgan fingerprint density at radius 2 is 1.95 bits per heavy atom. The summed E-state index contributed by atoms with van der Waals surface area (Å²) >= 11 is 0. The van der Waals surface area contributed by atoms with Gasteiger partial charge in [0.25, 0.3) is 0 Å². The van der Waals surface area contributed by atoms with Gasteiger partial charge in [0.15, 0.2) is 0 Å². The van der Waals surface area contributed by atoms with E-state index in [9.17, 15) is 9.59 Å². The monoisotopic (exact) mass is 294 g/mol. The molecule has 0 saturated carbocycles. The first-order valence-electron chi connectivity index (χ1n) is 6.78. The number of carbonyl (C=O) groups is 2. The van der Waals surface area contributed by atoms with Crippen LogP contribution >= 0.6 is 0 Å². The molecule has 1 aromatic carbocycles. The van der Waals surface area contributed by atoms with Crippen molar-refractivity contribution in [2.24, 2.45) is 5.73 Å². The normalized spacial score (nSPS) is 11.7. The van der Waals surface area contributed by atoms with Gasteiger partial charge in [-0.25, -0.2) is 4.79 Å². The largest absolute Gasteiger partial charge is 0.392 e. The van der Waals surface area contributed by atoms with Crippen LogP contribution in [-0.4, -0.2) is 36.7 Å². The number of benzene rings is 1. The minimum absolute atomic E-state index is 0.0275. The van der Waals surface area contributed by atoms with E-state index >= 15 is 0 Å². The summed E-state index contributed by atoms with van der Waals surface area (Å²) in [5.74, 6) is -0.145. The number of nitrogens with two attached hydrogens (primary N) is 1. The zero-order valence-corrected chi connectivity index (χ0v) is 12.1. The van der Waals surface area contributed by atoms with Gasteiger partial charge in [0.2, 0.25) is 5.91 Å². The molecule has 0 radical (unpaired) electrons. The summed E-state index contributed by atoms with van der Waals surface area (Å²) in [5.41, 5.74) is 6.43. The number of aliphatic hydroxyl groups excluding tert-OH is 1. The van der Waals surface area contributed by atoms with Gasteiger partial charge in [0, 0.05) is 12.2 Å². The van der Waals surface area contributed by atoms with Crippen molar-refractivity contribution in [1.82, 2.24) is 10.6 Å². The maximum Gasteiger partial charge on any atom is 0.312 e. The summed E-state index contributed by atoms with van der Waals surface area (Å²) in [6, 6.07) is 6.07. The number of rotatable bonds is 8. The van der Waals surface area contributed by atoms with Crippen LogP contribution in [0.4, 0.5) is 10.5 Å². The molecule has 0 bridgehead atoms. The van der Waals surface area contributed by atoms with Gasteiger partial charge >= 0.3 is 6.03 Å². The number of hydrogen-bond acceptors (Lipinski definition) is 4. The van der Waals surface area contributed by atoms with E-state index in [1.807, 2.05) is 0 Å². The molecule has 1 rings (SSSR count). The van der Waals surface area contributed by atoms with Crippen molar-refractivity contribution in [1.29, 1.82) is 0 Å². The number of hydrogen-bond donors (Lipinski definition) is 5. The van der Waals surface area contributed by atoms with Crippen molar-refractivity contribution in [2.45, 2.75) is 25.5 Å². The van der Waals surface area contributed by atoms with Crippen LogP contribution < -0.4 is 21.7 Å². The number of amides is 3. The molecule has 0 unspecified atom stereocenters. The lowest BCUT2D eigenvalue weighted by Gasteiger charge is -2.16. The number of anilines is 1. The van der Waals surface area contributed by atoms with Crippen molar-refractivity contribution < 1.29 is 14.7 Å². The molecule has 0 heterocycles. The molecule has 0 aromatic heterocycles. The maximum atomic E-state index is 12.1. The number of primary amides is 1. The van der Waals surface area contributed by atoms with Gasteiger partial charge < -0.3 is 26.8 Å². The highest BCUT2D eigenvalue weighted by Gasteiger charge is 2.15. The second-order valence-electron chi connectivity index (χ2n) is 4.62. The van der Waals surface area contributed by atoms with Crippen molar-refractivity contribution >= 4 is 17.6 Å². The first kappa shape index (κ1) is 16.9. The van der Waals surface area contributed by atoms with Crippen molar-refractivity contribution in [3.63, 3.8) is 0 Å². The Hall–Kier alpha value is -2.12. The van der Waals surface area contributed by atoms with Gasteiger partial charge in [-0.1, -0.05) is 12.1 Å². The molecule has 6 N–H and O–H groups in total. The molecule has 116 valence electrons. The Kier molecular flexibility index (Phi) is 7.20. The number of nitrogens with one attached hydrogen (secondary N) is 3. The Labute approximate surface area is 123 Å². The fourth-order valence-corrected chi connectivity index (χ4v) is 1.85. The number of likely N-dealkylation sites (N-methyl/N-ethyl adjacent to an activating group) is 1. The molecule has 3 amide bonds. The Morgan fingerprint density at radius 3 is 2.48 bits per heavy atom. The van der Waals surface area contributed by atoms with Crippen LogP contribution in [-0.2, 0) is 11.4 Å². The smallest absolute Gasteiger partial charge is 0.312 e. The van der Waals surface area contributed by atoms with Crippen LogP contribution in [0.5, 0.6) is 0 Å². The zero-order valence-electron chi connectivity index (χ0n) is 12.1. The van der Waals surface area contributed by atoms with Crippen LogP contribution in [0.3, 0.4) is 0 Å². The van der Waals surface area contributed by atoms with Crippen molar-refractivity contribution in [3.05, 3.63) is 29.8 Å². The van der Waals surface area contributed by atoms with Crippen LogP contribution in [0.1, 0.15) is 18.4 Å². The SMILES string of the molecule is CN[C@@H](CCCNC(N)=O)C(=O)Nc1ccc(CO)cc1. The maximum absolute atomic E-state index is 12.1. The molecule has 7 heteroatoms. The number of aliphatic hydroxyl groups is 1. The first-order chi connectivity index (χ1) is 10.1. The van der Waals surface area contributed by atoms with Gasteiger partial charge in [0.05, 0.1) is 12.6 Å². The summed E-state index contributed by atoms with van der Waals surface area (Å²) in [6.45, 7) is 0.409. The average Bonchev–Trinajstić information content (AvgIpc) is 2.47. The molecule has 1 atom stereocenters. The van der Waals surface area contributed by atoms with E-state index in [0.29, 0.717) is 25.1 Å². The summed E-state index contributed by atoms with van der Waals surface area (Å²) in [6.07, 6.45) is 1.22. The van der Waals surface area contributed by atoms with E-state index < -0.39 is 6.03 Å². The summed E-state index contributed by atoms with van der Waals surface area (Å²) in [4.78, 5) is 22.6. The number of carbonyl (C=O) groups excluding carboxylic acids is 2. The van der Waals surface area contributed by atoms with Crippen molar-refractivity contribution in [2.75, 3.05) is 18.9 Å². The molecule has 0 saturated heterocycles. The van der Waals surface area contributed by atoms with Gasteiger partial charge in [-0.15, -0.1) is 0 Å². The molecule has 0 aliphatic heterocycles. The standard InChI is InChI=1S/C14H22N4O3/c1-16-12(3-2-8-17-14(15)21)13(20)18-11-6-4-10(9-19)5-7-11/h4-7,12,16,19H,2-3,8-9H2,1H3,(H,18,20)(H3,15,17,21)/t12-/m0/s1.